The molecule has 0 heterocycles. The van der Waals surface area contributed by atoms with Crippen molar-refractivity contribution in [1.82, 2.24) is 10.6 Å². The van der Waals surface area contributed by atoms with Crippen LogP contribution in [0.25, 0.3) is 0 Å². The number of ether oxygens (including phenoxy) is 1. The maximum atomic E-state index is 14.2. The molecule has 1 aromatic rings. The van der Waals surface area contributed by atoms with Crippen molar-refractivity contribution in [2.45, 2.75) is 51.2 Å². The molecule has 0 spiro atoms. The summed E-state index contributed by atoms with van der Waals surface area (Å²) in [4.78, 5) is 4.05. The van der Waals surface area contributed by atoms with Gasteiger partial charge in [0.1, 0.15) is 0 Å². The van der Waals surface area contributed by atoms with E-state index in [-0.39, 0.29) is 42.2 Å². The molecule has 2 rings (SSSR count). The molecule has 0 aliphatic heterocycles. The number of unbranched alkanes of at least 4 members (excludes halogenated alkanes) is 1. The van der Waals surface area contributed by atoms with Gasteiger partial charge in [0, 0.05) is 20.0 Å². The lowest BCUT2D eigenvalue weighted by Gasteiger charge is -2.19. The zero-order valence-electron chi connectivity index (χ0n) is 16.1. The highest BCUT2D eigenvalue weighted by atomic mass is 127. The summed E-state index contributed by atoms with van der Waals surface area (Å²) >= 11 is 0. The summed E-state index contributed by atoms with van der Waals surface area (Å²) in [6.45, 7) is 2.79. The monoisotopic (exact) mass is 517 g/mol. The second-order valence-corrected chi connectivity index (χ2v) is 6.88. The molecule has 1 unspecified atom stereocenters. The Bertz CT molecular complexity index is 636. The topological polar surface area (TPSA) is 45.7 Å². The van der Waals surface area contributed by atoms with Gasteiger partial charge in [-0.2, -0.15) is 13.2 Å². The van der Waals surface area contributed by atoms with Crippen LogP contribution in [-0.4, -0.2) is 32.3 Å². The van der Waals surface area contributed by atoms with Crippen molar-refractivity contribution in [3.05, 3.63) is 29.6 Å². The van der Waals surface area contributed by atoms with E-state index < -0.39 is 18.4 Å². The first-order chi connectivity index (χ1) is 12.8. The molecule has 1 atom stereocenters. The standard InChI is InChI=1S/C19H27F4N3O.HI/c1-13(26-18(24-2)25-10-4-3-9-19(21,22)23)15-7-8-17(16(20)11-15)27-12-14-5-6-14;/h7-8,11,13-14H,3-6,9-10,12H2,1-2H3,(H2,24,25,26);1H. The van der Waals surface area contributed by atoms with E-state index in [2.05, 4.69) is 15.6 Å². The van der Waals surface area contributed by atoms with E-state index in [0.29, 0.717) is 31.4 Å². The number of hydrogen-bond acceptors (Lipinski definition) is 2. The van der Waals surface area contributed by atoms with Gasteiger partial charge in [-0.05, 0) is 56.2 Å². The van der Waals surface area contributed by atoms with Crippen LogP contribution in [0.4, 0.5) is 17.6 Å². The van der Waals surface area contributed by atoms with Crippen LogP contribution in [0, 0.1) is 11.7 Å². The number of rotatable bonds is 9. The Morgan fingerprint density at radius 2 is 2.00 bits per heavy atom. The van der Waals surface area contributed by atoms with Gasteiger partial charge in [0.2, 0.25) is 0 Å². The van der Waals surface area contributed by atoms with Crippen LogP contribution in [0.1, 0.15) is 50.6 Å². The molecule has 1 fully saturated rings. The van der Waals surface area contributed by atoms with Gasteiger partial charge < -0.3 is 15.4 Å². The van der Waals surface area contributed by atoms with E-state index >= 15 is 0 Å². The molecule has 1 saturated carbocycles. The highest BCUT2D eigenvalue weighted by molar-refractivity contribution is 14.0. The zero-order valence-corrected chi connectivity index (χ0v) is 18.4. The Balaban J connectivity index is 0.00000392. The molecule has 28 heavy (non-hydrogen) atoms. The van der Waals surface area contributed by atoms with Crippen LogP contribution < -0.4 is 15.4 Å². The van der Waals surface area contributed by atoms with Crippen LogP contribution in [0.5, 0.6) is 5.75 Å². The molecular weight excluding hydrogens is 489 g/mol. The van der Waals surface area contributed by atoms with Gasteiger partial charge in [-0.1, -0.05) is 6.07 Å². The molecule has 160 valence electrons. The molecule has 4 nitrogen and oxygen atoms in total. The molecule has 0 aromatic heterocycles. The van der Waals surface area contributed by atoms with Crippen molar-refractivity contribution < 1.29 is 22.3 Å². The number of aliphatic imine (C=N–C) groups is 1. The first-order valence-electron chi connectivity index (χ1n) is 9.24. The number of nitrogens with zero attached hydrogens (tertiary/aromatic N) is 1. The smallest absolute Gasteiger partial charge is 0.389 e. The summed E-state index contributed by atoms with van der Waals surface area (Å²) in [5.41, 5.74) is 0.728. The second-order valence-electron chi connectivity index (χ2n) is 6.88. The maximum Gasteiger partial charge on any atom is 0.389 e. The predicted octanol–water partition coefficient (Wildman–Crippen LogP) is 5.19. The fourth-order valence-electron chi connectivity index (χ4n) is 2.54. The van der Waals surface area contributed by atoms with Gasteiger partial charge in [0.05, 0.1) is 12.6 Å². The Kier molecular flexibility index (Phi) is 10.3. The van der Waals surface area contributed by atoms with Crippen molar-refractivity contribution in [3.8, 4) is 5.75 Å². The lowest BCUT2D eigenvalue weighted by Crippen LogP contribution is -2.39. The van der Waals surface area contributed by atoms with Gasteiger partial charge in [-0.3, -0.25) is 4.99 Å². The molecule has 2 N–H and O–H groups in total. The Morgan fingerprint density at radius 1 is 1.29 bits per heavy atom. The summed E-state index contributed by atoms with van der Waals surface area (Å²) in [5, 5.41) is 6.08. The van der Waals surface area contributed by atoms with Crippen molar-refractivity contribution in [3.63, 3.8) is 0 Å². The molecule has 1 aliphatic carbocycles. The van der Waals surface area contributed by atoms with Crippen molar-refractivity contribution >= 4 is 29.9 Å². The Labute approximate surface area is 180 Å². The molecule has 1 aromatic carbocycles. The highest BCUT2D eigenvalue weighted by Crippen LogP contribution is 2.30. The number of hydrogen-bond donors (Lipinski definition) is 2. The lowest BCUT2D eigenvalue weighted by atomic mass is 10.1. The second kappa shape index (κ2) is 11.7. The number of halogens is 5. The normalized spacial score (nSPS) is 15.6. The third-order valence-electron chi connectivity index (χ3n) is 4.38. The van der Waals surface area contributed by atoms with Crippen LogP contribution in [0.2, 0.25) is 0 Å². The number of alkyl halides is 3. The van der Waals surface area contributed by atoms with Crippen LogP contribution in [-0.2, 0) is 0 Å². The van der Waals surface area contributed by atoms with E-state index in [1.165, 1.54) is 6.07 Å². The zero-order chi connectivity index (χ0) is 19.9. The van der Waals surface area contributed by atoms with Crippen LogP contribution in [0.15, 0.2) is 23.2 Å². The third kappa shape index (κ3) is 9.29. The summed E-state index contributed by atoms with van der Waals surface area (Å²) < 4.78 is 56.0. The summed E-state index contributed by atoms with van der Waals surface area (Å²) in [5.74, 6) is 0.862. The van der Waals surface area contributed by atoms with Crippen molar-refractivity contribution in [2.75, 3.05) is 20.2 Å². The van der Waals surface area contributed by atoms with Gasteiger partial charge in [0.25, 0.3) is 0 Å². The van der Waals surface area contributed by atoms with E-state index in [1.807, 2.05) is 6.92 Å². The van der Waals surface area contributed by atoms with E-state index in [0.717, 1.165) is 18.4 Å². The largest absolute Gasteiger partial charge is 0.490 e. The SMILES string of the molecule is CN=C(NCCCCC(F)(F)F)NC(C)c1ccc(OCC2CC2)c(F)c1.I. The van der Waals surface area contributed by atoms with E-state index in [4.69, 9.17) is 4.74 Å². The molecule has 0 saturated heterocycles. The summed E-state index contributed by atoms with van der Waals surface area (Å²) in [7, 11) is 1.58. The minimum Gasteiger partial charge on any atom is -0.490 e. The fourth-order valence-corrected chi connectivity index (χ4v) is 2.54. The van der Waals surface area contributed by atoms with Crippen LogP contribution >= 0.6 is 24.0 Å². The number of nitrogens with one attached hydrogen (secondary N) is 2. The number of guanidine groups is 1. The van der Waals surface area contributed by atoms with Crippen molar-refractivity contribution in [2.24, 2.45) is 10.9 Å². The summed E-state index contributed by atoms with van der Waals surface area (Å²) in [6.07, 6.45) is -2.17. The average molecular weight is 517 g/mol. The fraction of sp³-hybridized carbons (Fsp3) is 0.632. The molecule has 9 heteroatoms. The molecular formula is C19H28F4IN3O. The Morgan fingerprint density at radius 3 is 2.57 bits per heavy atom. The first kappa shape index (κ1) is 24.8. The molecule has 0 bridgehead atoms. The minimum absolute atomic E-state index is 0. The van der Waals surface area contributed by atoms with Gasteiger partial charge >= 0.3 is 6.18 Å². The van der Waals surface area contributed by atoms with E-state index in [9.17, 15) is 17.6 Å². The minimum atomic E-state index is -4.12. The predicted molar refractivity (Wildman–Crippen MR) is 113 cm³/mol. The van der Waals surface area contributed by atoms with Gasteiger partial charge in [0.15, 0.2) is 17.5 Å². The first-order valence-corrected chi connectivity index (χ1v) is 9.24. The molecule has 0 amide bonds. The molecule has 0 radical (unpaired) electrons. The number of benzene rings is 1. The van der Waals surface area contributed by atoms with Crippen molar-refractivity contribution in [1.29, 1.82) is 0 Å². The quantitative estimate of drug-likeness (QED) is 0.156. The highest BCUT2D eigenvalue weighted by Gasteiger charge is 2.25. The van der Waals surface area contributed by atoms with E-state index in [1.54, 1.807) is 19.2 Å². The van der Waals surface area contributed by atoms with Crippen LogP contribution in [0.3, 0.4) is 0 Å². The molecule has 1 aliphatic rings. The summed E-state index contributed by atoms with van der Waals surface area (Å²) in [6, 6.07) is 4.62. The Hall–Kier alpha value is -1.26. The lowest BCUT2D eigenvalue weighted by molar-refractivity contribution is -0.135. The average Bonchev–Trinajstić information content (AvgIpc) is 3.42. The third-order valence-corrected chi connectivity index (χ3v) is 4.38. The maximum absolute atomic E-state index is 14.2. The van der Waals surface area contributed by atoms with Gasteiger partial charge in [-0.25, -0.2) is 4.39 Å². The van der Waals surface area contributed by atoms with Gasteiger partial charge in [-0.15, -0.1) is 24.0 Å².